The van der Waals surface area contributed by atoms with E-state index >= 15 is 0 Å². The highest BCUT2D eigenvalue weighted by Gasteiger charge is 2.35. The maximum atomic E-state index is 11.5. The zero-order chi connectivity index (χ0) is 14.0. The van der Waals surface area contributed by atoms with Crippen LogP contribution in [0.1, 0.15) is 53.4 Å². The first-order chi connectivity index (χ1) is 8.14. The van der Waals surface area contributed by atoms with E-state index in [1.165, 1.54) is 0 Å². The monoisotopic (exact) mass is 256 g/mol. The number of hydrogen-bond donors (Lipinski definition) is 3. The fourth-order valence-corrected chi connectivity index (χ4v) is 2.60. The lowest BCUT2D eigenvalue weighted by Crippen LogP contribution is -2.55. The third kappa shape index (κ3) is 4.25. The summed E-state index contributed by atoms with van der Waals surface area (Å²) in [5.74, 6) is 0.343. The van der Waals surface area contributed by atoms with Gasteiger partial charge >= 0.3 is 0 Å². The van der Waals surface area contributed by atoms with Gasteiger partial charge in [0.25, 0.3) is 0 Å². The Balaban J connectivity index is 2.55. The number of carbonyl (C=O) groups is 1. The minimum absolute atomic E-state index is 0.232. The summed E-state index contributed by atoms with van der Waals surface area (Å²) in [7, 11) is 0. The fourth-order valence-electron chi connectivity index (χ4n) is 2.60. The van der Waals surface area contributed by atoms with Crippen LogP contribution in [0.4, 0.5) is 0 Å². The Morgan fingerprint density at radius 2 is 1.94 bits per heavy atom. The molecular weight excluding hydrogens is 228 g/mol. The molecule has 0 saturated heterocycles. The molecule has 0 radical (unpaired) electrons. The molecule has 0 heterocycles. The van der Waals surface area contributed by atoms with Gasteiger partial charge in [0.15, 0.2) is 0 Å². The predicted molar refractivity (Wildman–Crippen MR) is 73.0 cm³/mol. The Labute approximate surface area is 110 Å². The molecule has 1 fully saturated rings. The minimum Gasteiger partial charge on any atom is -0.389 e. The highest BCUT2D eigenvalue weighted by molar-refractivity contribution is 5.80. The molecule has 4 N–H and O–H groups in total. The van der Waals surface area contributed by atoms with Gasteiger partial charge in [0, 0.05) is 6.54 Å². The molecule has 4 nitrogen and oxygen atoms in total. The Hall–Kier alpha value is -0.610. The number of rotatable bonds is 4. The van der Waals surface area contributed by atoms with Crippen LogP contribution in [-0.4, -0.2) is 29.2 Å². The Bertz CT molecular complexity index is 289. The van der Waals surface area contributed by atoms with E-state index in [0.29, 0.717) is 12.5 Å². The van der Waals surface area contributed by atoms with Gasteiger partial charge in [0.1, 0.15) is 0 Å². The fraction of sp³-hybridized carbons (Fsp3) is 0.929. The minimum atomic E-state index is -0.675. The summed E-state index contributed by atoms with van der Waals surface area (Å²) in [5, 5.41) is 13.6. The molecule has 1 aliphatic rings. The van der Waals surface area contributed by atoms with Gasteiger partial charge in [0.05, 0.1) is 11.6 Å². The summed E-state index contributed by atoms with van der Waals surface area (Å²) in [6.07, 6.45) is 3.71. The van der Waals surface area contributed by atoms with Crippen LogP contribution in [0, 0.1) is 11.3 Å². The number of amides is 1. The molecular formula is C14H28N2O2. The van der Waals surface area contributed by atoms with Gasteiger partial charge in [0.2, 0.25) is 5.91 Å². The van der Waals surface area contributed by atoms with Crippen LogP contribution in [0.2, 0.25) is 0 Å². The molecule has 1 atom stereocenters. The second-order valence-corrected chi connectivity index (χ2v) is 6.99. The summed E-state index contributed by atoms with van der Waals surface area (Å²) < 4.78 is 0. The lowest BCUT2D eigenvalue weighted by Gasteiger charge is -2.38. The smallest absolute Gasteiger partial charge is 0.235 e. The van der Waals surface area contributed by atoms with Crippen LogP contribution >= 0.6 is 0 Å². The zero-order valence-electron chi connectivity index (χ0n) is 12.1. The van der Waals surface area contributed by atoms with Crippen molar-refractivity contribution in [1.82, 2.24) is 5.32 Å². The maximum absolute atomic E-state index is 11.5. The predicted octanol–water partition coefficient (Wildman–Crippen LogP) is 1.42. The van der Waals surface area contributed by atoms with Gasteiger partial charge in [-0.15, -0.1) is 0 Å². The highest BCUT2D eigenvalue weighted by atomic mass is 16.3. The third-order valence-corrected chi connectivity index (χ3v) is 3.99. The summed E-state index contributed by atoms with van der Waals surface area (Å²) in [6.45, 7) is 8.59. The molecule has 4 heteroatoms. The summed E-state index contributed by atoms with van der Waals surface area (Å²) >= 11 is 0. The molecule has 0 aromatic heterocycles. The van der Waals surface area contributed by atoms with Crippen molar-refractivity contribution in [2.75, 3.05) is 6.54 Å². The van der Waals surface area contributed by atoms with E-state index in [-0.39, 0.29) is 11.3 Å². The molecule has 18 heavy (non-hydrogen) atoms. The van der Waals surface area contributed by atoms with E-state index in [1.54, 1.807) is 0 Å². The molecule has 1 aliphatic carbocycles. The summed E-state index contributed by atoms with van der Waals surface area (Å²) in [5.41, 5.74) is 4.51. The standard InChI is InChI=1S/C14H28N2O2/c1-10-5-7-14(18,8-6-10)9-16-11(12(15)17)13(2,3)4/h10-11,16,18H,5-9H2,1-4H3,(H2,15,17)/t10?,11-,14?/m1/s1. The van der Waals surface area contributed by atoms with Crippen molar-refractivity contribution < 1.29 is 9.90 Å². The molecule has 0 spiro atoms. The van der Waals surface area contributed by atoms with Crippen molar-refractivity contribution in [3.05, 3.63) is 0 Å². The third-order valence-electron chi connectivity index (χ3n) is 3.99. The number of hydrogen-bond acceptors (Lipinski definition) is 3. The first kappa shape index (κ1) is 15.4. The van der Waals surface area contributed by atoms with Gasteiger partial charge < -0.3 is 16.2 Å². The Morgan fingerprint density at radius 1 is 1.44 bits per heavy atom. The van der Waals surface area contributed by atoms with Crippen molar-refractivity contribution in [2.45, 2.75) is 65.0 Å². The average Bonchev–Trinajstić information content (AvgIpc) is 2.20. The topological polar surface area (TPSA) is 75.3 Å². The summed E-state index contributed by atoms with van der Waals surface area (Å²) in [4.78, 5) is 11.5. The van der Waals surface area contributed by atoms with Crippen molar-refractivity contribution in [3.63, 3.8) is 0 Å². The molecule has 0 aromatic carbocycles. The van der Waals surface area contributed by atoms with Gasteiger partial charge in [-0.2, -0.15) is 0 Å². The van der Waals surface area contributed by atoms with E-state index in [1.807, 2.05) is 20.8 Å². The molecule has 1 rings (SSSR count). The number of primary amides is 1. The molecule has 0 bridgehead atoms. The van der Waals surface area contributed by atoms with Crippen LogP contribution in [0.3, 0.4) is 0 Å². The van der Waals surface area contributed by atoms with E-state index in [9.17, 15) is 9.90 Å². The van der Waals surface area contributed by atoms with Crippen LogP contribution in [0.5, 0.6) is 0 Å². The van der Waals surface area contributed by atoms with Crippen LogP contribution in [-0.2, 0) is 4.79 Å². The number of aliphatic hydroxyl groups is 1. The lowest BCUT2D eigenvalue weighted by molar-refractivity contribution is -0.122. The van der Waals surface area contributed by atoms with E-state index < -0.39 is 11.6 Å². The van der Waals surface area contributed by atoms with Crippen LogP contribution in [0.15, 0.2) is 0 Å². The normalized spacial score (nSPS) is 31.1. The number of carbonyl (C=O) groups excluding carboxylic acids is 1. The molecule has 0 unspecified atom stereocenters. The van der Waals surface area contributed by atoms with Gasteiger partial charge in [-0.1, -0.05) is 27.7 Å². The van der Waals surface area contributed by atoms with E-state index in [0.717, 1.165) is 25.7 Å². The SMILES string of the molecule is CC1CCC(O)(CN[C@H](C(N)=O)C(C)(C)C)CC1. The van der Waals surface area contributed by atoms with E-state index in [4.69, 9.17) is 5.73 Å². The summed E-state index contributed by atoms with van der Waals surface area (Å²) in [6, 6.07) is -0.402. The second-order valence-electron chi connectivity index (χ2n) is 6.99. The van der Waals surface area contributed by atoms with Crippen molar-refractivity contribution in [2.24, 2.45) is 17.1 Å². The number of nitrogens with one attached hydrogen (secondary N) is 1. The van der Waals surface area contributed by atoms with E-state index in [2.05, 4.69) is 12.2 Å². The average molecular weight is 256 g/mol. The highest BCUT2D eigenvalue weighted by Crippen LogP contribution is 2.31. The molecule has 1 amide bonds. The lowest BCUT2D eigenvalue weighted by atomic mass is 9.79. The largest absolute Gasteiger partial charge is 0.389 e. The van der Waals surface area contributed by atoms with Crippen LogP contribution < -0.4 is 11.1 Å². The first-order valence-corrected chi connectivity index (χ1v) is 6.89. The van der Waals surface area contributed by atoms with Gasteiger partial charge in [-0.3, -0.25) is 4.79 Å². The van der Waals surface area contributed by atoms with Crippen LogP contribution in [0.25, 0.3) is 0 Å². The Kier molecular flexibility index (Phi) is 4.78. The number of nitrogens with two attached hydrogens (primary N) is 1. The molecule has 0 aromatic rings. The van der Waals surface area contributed by atoms with Gasteiger partial charge in [-0.05, 0) is 37.0 Å². The Morgan fingerprint density at radius 3 is 2.33 bits per heavy atom. The van der Waals surface area contributed by atoms with Crippen molar-refractivity contribution in [1.29, 1.82) is 0 Å². The van der Waals surface area contributed by atoms with Gasteiger partial charge in [-0.25, -0.2) is 0 Å². The van der Waals surface area contributed by atoms with Crippen molar-refractivity contribution in [3.8, 4) is 0 Å². The first-order valence-electron chi connectivity index (χ1n) is 6.89. The van der Waals surface area contributed by atoms with Crippen molar-refractivity contribution >= 4 is 5.91 Å². The zero-order valence-corrected chi connectivity index (χ0v) is 12.1. The maximum Gasteiger partial charge on any atom is 0.235 e. The molecule has 0 aliphatic heterocycles. The second kappa shape index (κ2) is 5.57. The molecule has 106 valence electrons. The quantitative estimate of drug-likeness (QED) is 0.712. The molecule has 1 saturated carbocycles.